The minimum absolute atomic E-state index is 0.190. The van der Waals surface area contributed by atoms with Crippen LogP contribution in [0.1, 0.15) is 42.5 Å². The van der Waals surface area contributed by atoms with E-state index in [1.807, 2.05) is 31.2 Å². The van der Waals surface area contributed by atoms with Crippen LogP contribution in [0.4, 0.5) is 5.69 Å². The number of fused-ring (bicyclic) bond motifs is 1. The van der Waals surface area contributed by atoms with Crippen LogP contribution in [0.2, 0.25) is 0 Å². The molecule has 172 valence electrons. The lowest BCUT2D eigenvalue weighted by Crippen LogP contribution is -2.37. The van der Waals surface area contributed by atoms with Gasteiger partial charge < -0.3 is 14.8 Å². The van der Waals surface area contributed by atoms with Gasteiger partial charge in [0, 0.05) is 17.2 Å². The van der Waals surface area contributed by atoms with Crippen molar-refractivity contribution in [3.05, 3.63) is 69.5 Å². The Morgan fingerprint density at radius 1 is 1.03 bits per heavy atom. The minimum atomic E-state index is -0.805. The van der Waals surface area contributed by atoms with Gasteiger partial charge in [0.1, 0.15) is 17.5 Å². The summed E-state index contributed by atoms with van der Waals surface area (Å²) in [7, 11) is 3.09. The van der Waals surface area contributed by atoms with Gasteiger partial charge in [0.15, 0.2) is 0 Å². The highest BCUT2D eigenvalue weighted by atomic mass is 16.5. The summed E-state index contributed by atoms with van der Waals surface area (Å²) in [6.07, 6.45) is 3.52. The monoisotopic (exact) mass is 447 g/mol. The van der Waals surface area contributed by atoms with Crippen LogP contribution in [0.15, 0.2) is 47.3 Å². The molecule has 2 aromatic carbocycles. The fraction of sp³-hybridized carbons (Fsp3) is 0.346. The van der Waals surface area contributed by atoms with Crippen molar-refractivity contribution in [2.24, 2.45) is 0 Å². The third kappa shape index (κ3) is 4.49. The average Bonchev–Trinajstić information content (AvgIpc) is 2.85. The molecule has 33 heavy (non-hydrogen) atoms. The number of methoxy groups -OCH3 is 2. The number of nitrogens with zero attached hydrogens (tertiary/aromatic N) is 2. The number of hydrogen-bond acceptors (Lipinski definition) is 5. The second-order valence-electron chi connectivity index (χ2n) is 8.36. The van der Waals surface area contributed by atoms with E-state index in [4.69, 9.17) is 14.6 Å². The highest BCUT2D eigenvalue weighted by Crippen LogP contribution is 2.31. The fourth-order valence-corrected chi connectivity index (χ4v) is 4.21. The van der Waals surface area contributed by atoms with Crippen LogP contribution in [0.3, 0.4) is 0 Å². The van der Waals surface area contributed by atoms with Gasteiger partial charge in [-0.2, -0.15) is 5.10 Å². The number of rotatable bonds is 6. The summed E-state index contributed by atoms with van der Waals surface area (Å²) in [5.41, 5.74) is 4.99. The van der Waals surface area contributed by atoms with E-state index in [2.05, 4.69) is 5.32 Å². The van der Waals surface area contributed by atoms with E-state index in [0.29, 0.717) is 23.6 Å². The van der Waals surface area contributed by atoms with Crippen molar-refractivity contribution >= 4 is 11.6 Å². The van der Waals surface area contributed by atoms with E-state index in [1.165, 1.54) is 11.8 Å². The van der Waals surface area contributed by atoms with E-state index in [9.17, 15) is 9.59 Å². The van der Waals surface area contributed by atoms with Gasteiger partial charge >= 0.3 is 0 Å². The van der Waals surface area contributed by atoms with Crippen LogP contribution >= 0.6 is 0 Å². The first-order valence-electron chi connectivity index (χ1n) is 11.2. The molecule has 0 spiro atoms. The molecule has 0 bridgehead atoms. The lowest BCUT2D eigenvalue weighted by Gasteiger charge is -2.23. The van der Waals surface area contributed by atoms with Crippen molar-refractivity contribution in [1.82, 2.24) is 9.78 Å². The number of carbonyl (C=O) groups is 1. The Balaban J connectivity index is 1.72. The predicted octanol–water partition coefficient (Wildman–Crippen LogP) is 4.31. The number of nitrogens with one attached hydrogen (secondary N) is 1. The summed E-state index contributed by atoms with van der Waals surface area (Å²) in [6, 6.07) is 12.5. The molecule has 1 amide bonds. The first-order valence-corrected chi connectivity index (χ1v) is 11.2. The van der Waals surface area contributed by atoms with Crippen molar-refractivity contribution in [1.29, 1.82) is 0 Å². The summed E-state index contributed by atoms with van der Waals surface area (Å²) >= 11 is 0. The van der Waals surface area contributed by atoms with Crippen molar-refractivity contribution in [2.75, 3.05) is 19.5 Å². The zero-order valence-electron chi connectivity index (χ0n) is 19.5. The van der Waals surface area contributed by atoms with Crippen LogP contribution in [0, 0.1) is 6.92 Å². The molecular weight excluding hydrogens is 418 g/mol. The Morgan fingerprint density at radius 2 is 1.73 bits per heavy atom. The molecule has 1 aromatic heterocycles. The van der Waals surface area contributed by atoms with E-state index < -0.39 is 6.04 Å². The highest BCUT2D eigenvalue weighted by Gasteiger charge is 2.26. The minimum Gasteiger partial charge on any atom is -0.497 e. The SMILES string of the molecule is COc1ccc(NC(=O)[C@H](C)n2nc(-c3ccc(C)cc3)c3c(c2=O)CCCC3)c(OC)c1. The van der Waals surface area contributed by atoms with Crippen molar-refractivity contribution < 1.29 is 14.3 Å². The third-order valence-electron chi connectivity index (χ3n) is 6.17. The predicted molar refractivity (Wildman–Crippen MR) is 128 cm³/mol. The number of ether oxygens (including phenoxy) is 2. The number of aryl methyl sites for hydroxylation is 1. The smallest absolute Gasteiger partial charge is 0.271 e. The Kier molecular flexibility index (Phi) is 6.49. The summed E-state index contributed by atoms with van der Waals surface area (Å²) < 4.78 is 11.9. The maximum Gasteiger partial charge on any atom is 0.271 e. The lowest BCUT2D eigenvalue weighted by atomic mass is 9.89. The molecule has 1 atom stereocenters. The van der Waals surface area contributed by atoms with E-state index in [0.717, 1.165) is 47.2 Å². The molecule has 0 radical (unpaired) electrons. The summed E-state index contributed by atoms with van der Waals surface area (Å²) in [6.45, 7) is 3.72. The van der Waals surface area contributed by atoms with Crippen LogP contribution in [-0.2, 0) is 17.6 Å². The number of benzene rings is 2. The highest BCUT2D eigenvalue weighted by molar-refractivity contribution is 5.95. The van der Waals surface area contributed by atoms with Crippen molar-refractivity contribution in [2.45, 2.75) is 45.6 Å². The molecule has 0 saturated heterocycles. The second kappa shape index (κ2) is 9.48. The van der Waals surface area contributed by atoms with Crippen molar-refractivity contribution in [3.8, 4) is 22.8 Å². The van der Waals surface area contributed by atoms with E-state index in [-0.39, 0.29) is 11.5 Å². The van der Waals surface area contributed by atoms with Gasteiger partial charge in [-0.05, 0) is 57.2 Å². The Hall–Kier alpha value is -3.61. The molecule has 0 fully saturated rings. The van der Waals surface area contributed by atoms with E-state index in [1.54, 1.807) is 32.2 Å². The Bertz CT molecular complexity index is 1230. The van der Waals surface area contributed by atoms with Gasteiger partial charge in [0.05, 0.1) is 25.6 Å². The Labute approximate surface area is 193 Å². The molecule has 7 nitrogen and oxygen atoms in total. The molecule has 0 unspecified atom stereocenters. The molecular formula is C26H29N3O4. The summed E-state index contributed by atoms with van der Waals surface area (Å²) in [5.74, 6) is 0.743. The molecule has 0 aliphatic heterocycles. The van der Waals surface area contributed by atoms with Gasteiger partial charge in [-0.3, -0.25) is 9.59 Å². The first-order chi connectivity index (χ1) is 15.9. The average molecular weight is 448 g/mol. The zero-order chi connectivity index (χ0) is 23.5. The Morgan fingerprint density at radius 3 is 2.39 bits per heavy atom. The van der Waals surface area contributed by atoms with Crippen molar-refractivity contribution in [3.63, 3.8) is 0 Å². The van der Waals surface area contributed by atoms with Gasteiger partial charge in [0.25, 0.3) is 5.56 Å². The normalized spacial score (nSPS) is 13.7. The third-order valence-corrected chi connectivity index (χ3v) is 6.17. The largest absolute Gasteiger partial charge is 0.497 e. The summed E-state index contributed by atoms with van der Waals surface area (Å²) in [4.78, 5) is 26.5. The van der Waals surface area contributed by atoms with Crippen LogP contribution in [0.25, 0.3) is 11.3 Å². The molecule has 4 rings (SSSR count). The number of anilines is 1. The quantitative estimate of drug-likeness (QED) is 0.609. The molecule has 1 aliphatic carbocycles. The number of hydrogen-bond donors (Lipinski definition) is 1. The van der Waals surface area contributed by atoms with Crippen LogP contribution in [0.5, 0.6) is 11.5 Å². The number of amides is 1. The van der Waals surface area contributed by atoms with Gasteiger partial charge in [-0.1, -0.05) is 29.8 Å². The van der Waals surface area contributed by atoms with Crippen LogP contribution in [-0.4, -0.2) is 29.9 Å². The molecule has 1 N–H and O–H groups in total. The molecule has 0 saturated carbocycles. The fourth-order valence-electron chi connectivity index (χ4n) is 4.21. The number of carbonyl (C=O) groups excluding carboxylic acids is 1. The first kappa shape index (κ1) is 22.6. The molecule has 3 aromatic rings. The second-order valence-corrected chi connectivity index (χ2v) is 8.36. The summed E-state index contributed by atoms with van der Waals surface area (Å²) in [5, 5.41) is 7.58. The van der Waals surface area contributed by atoms with Crippen LogP contribution < -0.4 is 20.3 Å². The van der Waals surface area contributed by atoms with E-state index >= 15 is 0 Å². The molecule has 1 aliphatic rings. The topological polar surface area (TPSA) is 82.5 Å². The number of aromatic nitrogens is 2. The maximum absolute atomic E-state index is 13.3. The lowest BCUT2D eigenvalue weighted by molar-refractivity contribution is -0.119. The van der Waals surface area contributed by atoms with Gasteiger partial charge in [0.2, 0.25) is 5.91 Å². The molecule has 7 heteroatoms. The van der Waals surface area contributed by atoms with Gasteiger partial charge in [-0.15, -0.1) is 0 Å². The van der Waals surface area contributed by atoms with Gasteiger partial charge in [-0.25, -0.2) is 4.68 Å². The molecule has 1 heterocycles. The standard InChI is InChI=1S/C26H29N3O4/c1-16-9-11-18(12-10-16)24-20-7-5-6-8-21(20)26(31)29(28-24)17(2)25(30)27-22-14-13-19(32-3)15-23(22)33-4/h9-15,17H,5-8H2,1-4H3,(H,27,30)/t17-/m0/s1. The maximum atomic E-state index is 13.3. The zero-order valence-corrected chi connectivity index (χ0v) is 19.5.